The van der Waals surface area contributed by atoms with Crippen molar-refractivity contribution in [3.63, 3.8) is 0 Å². The Hall–Kier alpha value is -1.37. The average Bonchev–Trinajstić information content (AvgIpc) is 2.64. The lowest BCUT2D eigenvalue weighted by molar-refractivity contribution is -0.137. The second-order valence-electron chi connectivity index (χ2n) is 2.97. The van der Waals surface area contributed by atoms with Gasteiger partial charge in [0, 0.05) is 0 Å². The molecule has 0 radical (unpaired) electrons. The molecule has 3 nitrogen and oxygen atoms in total. The Morgan fingerprint density at radius 1 is 1.19 bits per heavy atom. The number of rotatable bonds is 1. The van der Waals surface area contributed by atoms with Gasteiger partial charge in [-0.3, -0.25) is 0 Å². The van der Waals surface area contributed by atoms with E-state index in [1.165, 1.54) is 24.5 Å². The zero-order chi connectivity index (χ0) is 11.8. The molecule has 0 unspecified atom stereocenters. The molecule has 0 N–H and O–H groups in total. The van der Waals surface area contributed by atoms with Gasteiger partial charge in [-0.15, -0.1) is 5.10 Å². The number of halogens is 4. The maximum absolute atomic E-state index is 12.7. The Morgan fingerprint density at radius 3 is 2.44 bits per heavy atom. The number of hydrogen-bond donors (Lipinski definition) is 0. The molecule has 0 amide bonds. The fraction of sp³-hybridized carbons (Fsp3) is 0.111. The summed E-state index contributed by atoms with van der Waals surface area (Å²) < 4.78 is 39.3. The van der Waals surface area contributed by atoms with E-state index in [1.807, 2.05) is 0 Å². The Balaban J connectivity index is 2.57. The van der Waals surface area contributed by atoms with Crippen LogP contribution < -0.4 is 0 Å². The Bertz CT molecular complexity index is 507. The molecule has 0 spiro atoms. The van der Waals surface area contributed by atoms with Gasteiger partial charge in [0.2, 0.25) is 4.73 Å². The van der Waals surface area contributed by atoms with Gasteiger partial charge in [0.05, 0.1) is 11.3 Å². The van der Waals surface area contributed by atoms with Crippen LogP contribution in [-0.4, -0.2) is 14.8 Å². The molecule has 0 saturated heterocycles. The molecule has 0 aliphatic rings. The van der Waals surface area contributed by atoms with E-state index in [4.69, 9.17) is 0 Å². The highest BCUT2D eigenvalue weighted by molar-refractivity contribution is 9.10. The standard InChI is InChI=1S/C9H5BrF3N3/c10-8-14-5-16(15-8)7-4-2-1-3-6(7)9(11,12)13/h1-5H. The van der Waals surface area contributed by atoms with Crippen molar-refractivity contribution in [1.82, 2.24) is 14.8 Å². The van der Waals surface area contributed by atoms with Crippen LogP contribution >= 0.6 is 15.9 Å². The highest BCUT2D eigenvalue weighted by Crippen LogP contribution is 2.33. The van der Waals surface area contributed by atoms with Crippen molar-refractivity contribution in [2.75, 3.05) is 0 Å². The molecule has 0 bridgehead atoms. The zero-order valence-corrected chi connectivity index (χ0v) is 9.33. The van der Waals surface area contributed by atoms with E-state index >= 15 is 0 Å². The fourth-order valence-electron chi connectivity index (χ4n) is 1.27. The van der Waals surface area contributed by atoms with E-state index in [2.05, 4.69) is 26.0 Å². The minimum Gasteiger partial charge on any atom is -0.219 e. The van der Waals surface area contributed by atoms with Gasteiger partial charge in [-0.2, -0.15) is 13.2 Å². The molecule has 1 heterocycles. The van der Waals surface area contributed by atoms with E-state index < -0.39 is 11.7 Å². The van der Waals surface area contributed by atoms with E-state index in [0.717, 1.165) is 10.7 Å². The molecule has 2 rings (SSSR count). The Kier molecular flexibility index (Phi) is 2.71. The molecule has 2 aromatic rings. The molecule has 0 atom stereocenters. The molecule has 0 aliphatic heterocycles. The molecule has 16 heavy (non-hydrogen) atoms. The van der Waals surface area contributed by atoms with Gasteiger partial charge in [-0.1, -0.05) is 12.1 Å². The summed E-state index contributed by atoms with van der Waals surface area (Å²) in [5, 5.41) is 3.78. The Morgan fingerprint density at radius 2 is 1.88 bits per heavy atom. The molecule has 1 aromatic carbocycles. The van der Waals surface area contributed by atoms with Crippen molar-refractivity contribution in [2.45, 2.75) is 6.18 Å². The highest BCUT2D eigenvalue weighted by atomic mass is 79.9. The third-order valence-corrected chi connectivity index (χ3v) is 2.28. The second-order valence-corrected chi connectivity index (χ2v) is 3.68. The lowest BCUT2D eigenvalue weighted by atomic mass is 10.2. The normalized spacial score (nSPS) is 11.8. The largest absolute Gasteiger partial charge is 0.418 e. The lowest BCUT2D eigenvalue weighted by Crippen LogP contribution is -2.10. The van der Waals surface area contributed by atoms with Crippen molar-refractivity contribution >= 4 is 15.9 Å². The number of aromatic nitrogens is 3. The van der Waals surface area contributed by atoms with Crippen LogP contribution in [0.25, 0.3) is 5.69 Å². The quantitative estimate of drug-likeness (QED) is 0.808. The Labute approximate surface area is 97.0 Å². The van der Waals surface area contributed by atoms with Crippen LogP contribution in [0, 0.1) is 0 Å². The molecule has 0 fully saturated rings. The fourth-order valence-corrected chi connectivity index (χ4v) is 1.53. The van der Waals surface area contributed by atoms with Gasteiger partial charge < -0.3 is 0 Å². The summed E-state index contributed by atoms with van der Waals surface area (Å²) in [6.07, 6.45) is -3.19. The first-order valence-electron chi connectivity index (χ1n) is 4.22. The van der Waals surface area contributed by atoms with Crippen LogP contribution in [0.1, 0.15) is 5.56 Å². The van der Waals surface area contributed by atoms with Crippen LogP contribution in [0.15, 0.2) is 35.3 Å². The number of para-hydroxylation sites is 1. The smallest absolute Gasteiger partial charge is 0.219 e. The summed E-state index contributed by atoms with van der Waals surface area (Å²) in [4.78, 5) is 3.72. The first-order chi connectivity index (χ1) is 7.48. The number of hydrogen-bond acceptors (Lipinski definition) is 2. The maximum atomic E-state index is 12.7. The van der Waals surface area contributed by atoms with Crippen molar-refractivity contribution in [1.29, 1.82) is 0 Å². The predicted molar refractivity (Wildman–Crippen MR) is 54.1 cm³/mol. The summed E-state index contributed by atoms with van der Waals surface area (Å²) in [7, 11) is 0. The molecule has 84 valence electrons. The molecule has 7 heteroatoms. The number of nitrogens with zero attached hydrogens (tertiary/aromatic N) is 3. The van der Waals surface area contributed by atoms with Gasteiger partial charge in [-0.05, 0) is 28.1 Å². The topological polar surface area (TPSA) is 30.7 Å². The van der Waals surface area contributed by atoms with Crippen LogP contribution in [0.2, 0.25) is 0 Å². The predicted octanol–water partition coefficient (Wildman–Crippen LogP) is 3.05. The number of alkyl halides is 3. The summed E-state index contributed by atoms with van der Waals surface area (Å²) >= 11 is 2.98. The first-order valence-corrected chi connectivity index (χ1v) is 5.01. The highest BCUT2D eigenvalue weighted by Gasteiger charge is 2.33. The monoisotopic (exact) mass is 291 g/mol. The SMILES string of the molecule is FC(F)(F)c1ccccc1-n1cnc(Br)n1. The lowest BCUT2D eigenvalue weighted by Gasteiger charge is -2.11. The minimum atomic E-state index is -4.41. The second kappa shape index (κ2) is 3.89. The van der Waals surface area contributed by atoms with Crippen LogP contribution in [-0.2, 0) is 6.18 Å². The summed E-state index contributed by atoms with van der Waals surface area (Å²) in [5.74, 6) is 0. The molecular weight excluding hydrogens is 287 g/mol. The van der Waals surface area contributed by atoms with Gasteiger partial charge in [0.15, 0.2) is 0 Å². The number of benzene rings is 1. The summed E-state index contributed by atoms with van der Waals surface area (Å²) in [5.41, 5.74) is -0.791. The van der Waals surface area contributed by atoms with Crippen molar-refractivity contribution in [3.8, 4) is 5.69 Å². The third-order valence-electron chi connectivity index (χ3n) is 1.92. The molecule has 1 aromatic heterocycles. The van der Waals surface area contributed by atoms with Gasteiger partial charge in [-0.25, -0.2) is 9.67 Å². The van der Waals surface area contributed by atoms with Gasteiger partial charge >= 0.3 is 6.18 Å². The van der Waals surface area contributed by atoms with Crippen LogP contribution in [0.4, 0.5) is 13.2 Å². The summed E-state index contributed by atoms with van der Waals surface area (Å²) in [6, 6.07) is 5.19. The maximum Gasteiger partial charge on any atom is 0.418 e. The third kappa shape index (κ3) is 2.08. The molecule has 0 saturated carbocycles. The van der Waals surface area contributed by atoms with Crippen LogP contribution in [0.5, 0.6) is 0 Å². The van der Waals surface area contributed by atoms with Gasteiger partial charge in [0.25, 0.3) is 0 Å². The van der Waals surface area contributed by atoms with E-state index in [0.29, 0.717) is 0 Å². The molecule has 0 aliphatic carbocycles. The average molecular weight is 292 g/mol. The summed E-state index contributed by atoms with van der Waals surface area (Å²) in [6.45, 7) is 0. The van der Waals surface area contributed by atoms with E-state index in [-0.39, 0.29) is 10.4 Å². The van der Waals surface area contributed by atoms with E-state index in [9.17, 15) is 13.2 Å². The van der Waals surface area contributed by atoms with Crippen molar-refractivity contribution in [2.24, 2.45) is 0 Å². The zero-order valence-electron chi connectivity index (χ0n) is 7.74. The van der Waals surface area contributed by atoms with Crippen molar-refractivity contribution in [3.05, 3.63) is 40.9 Å². The van der Waals surface area contributed by atoms with Gasteiger partial charge in [0.1, 0.15) is 6.33 Å². The van der Waals surface area contributed by atoms with Crippen LogP contribution in [0.3, 0.4) is 0 Å². The molecular formula is C9H5BrF3N3. The van der Waals surface area contributed by atoms with E-state index in [1.54, 1.807) is 0 Å². The first kappa shape index (κ1) is 11.1. The minimum absolute atomic E-state index is 0.0480. The van der Waals surface area contributed by atoms with Crippen molar-refractivity contribution < 1.29 is 13.2 Å².